The summed E-state index contributed by atoms with van der Waals surface area (Å²) in [5, 5.41) is 4.87. The highest BCUT2D eigenvalue weighted by Gasteiger charge is 2.37. The van der Waals surface area contributed by atoms with E-state index in [-0.39, 0.29) is 11.3 Å². The summed E-state index contributed by atoms with van der Waals surface area (Å²) in [6, 6.07) is 21.5. The molecular weight excluding hydrogens is 584 g/mol. The fourth-order valence-corrected chi connectivity index (χ4v) is 4.80. The number of fused-ring (bicyclic) bond motifs is 1. The van der Waals surface area contributed by atoms with Crippen molar-refractivity contribution in [3.63, 3.8) is 0 Å². The number of urea groups is 1. The summed E-state index contributed by atoms with van der Waals surface area (Å²) >= 11 is 9.70. The van der Waals surface area contributed by atoms with E-state index in [1.165, 1.54) is 19.3 Å². The minimum absolute atomic E-state index is 0.223. The molecule has 0 unspecified atom stereocenters. The van der Waals surface area contributed by atoms with Crippen molar-refractivity contribution in [2.45, 2.75) is 13.5 Å². The maximum Gasteiger partial charge on any atom is 0.335 e. The molecule has 4 aromatic rings. The van der Waals surface area contributed by atoms with Crippen molar-refractivity contribution in [3.8, 4) is 11.5 Å². The standard InChI is InChI=1S/C30H22BrClN2O5/c1-17-7-10-22(14-25(17)32)34-29(36)23(28(35)33-30(34)37)12-21-13-26(38-2)27(15-24(21)31)39-16-18-8-9-19-5-3-4-6-20(19)11-18/h3-15H,16H2,1-2H3,(H,33,35,37)/b23-12-. The third kappa shape index (κ3) is 5.39. The molecule has 7 nitrogen and oxygen atoms in total. The lowest BCUT2D eigenvalue weighted by atomic mass is 10.1. The molecule has 0 spiro atoms. The Bertz CT molecular complexity index is 1680. The second kappa shape index (κ2) is 10.9. The van der Waals surface area contributed by atoms with Gasteiger partial charge < -0.3 is 9.47 Å². The summed E-state index contributed by atoms with van der Waals surface area (Å²) in [5.74, 6) is -0.689. The number of ether oxygens (including phenoxy) is 2. The third-order valence-corrected chi connectivity index (χ3v) is 7.40. The molecule has 1 aliphatic heterocycles. The normalized spacial score (nSPS) is 14.6. The van der Waals surface area contributed by atoms with Gasteiger partial charge in [0.25, 0.3) is 11.8 Å². The van der Waals surface area contributed by atoms with Crippen LogP contribution in [0.15, 0.2) is 82.8 Å². The first-order valence-corrected chi connectivity index (χ1v) is 13.1. The van der Waals surface area contributed by atoms with Crippen LogP contribution in [-0.4, -0.2) is 25.0 Å². The Kier molecular flexibility index (Phi) is 7.41. The van der Waals surface area contributed by atoms with Crippen molar-refractivity contribution >= 4 is 67.9 Å². The van der Waals surface area contributed by atoms with Gasteiger partial charge in [0.2, 0.25) is 0 Å². The molecule has 196 valence electrons. The molecule has 0 atom stereocenters. The summed E-state index contributed by atoms with van der Waals surface area (Å²) in [6.45, 7) is 2.12. The van der Waals surface area contributed by atoms with Crippen LogP contribution in [0, 0.1) is 6.92 Å². The molecule has 1 heterocycles. The Balaban J connectivity index is 1.43. The number of nitrogens with zero attached hydrogens (tertiary/aromatic N) is 1. The van der Waals surface area contributed by atoms with Gasteiger partial charge in [-0.05, 0) is 70.8 Å². The molecule has 1 saturated heterocycles. The van der Waals surface area contributed by atoms with Crippen LogP contribution in [0.1, 0.15) is 16.7 Å². The largest absolute Gasteiger partial charge is 0.493 e. The lowest BCUT2D eigenvalue weighted by Crippen LogP contribution is -2.54. The number of carbonyl (C=O) groups excluding carboxylic acids is 3. The zero-order valence-electron chi connectivity index (χ0n) is 21.0. The molecule has 0 radical (unpaired) electrons. The lowest BCUT2D eigenvalue weighted by molar-refractivity contribution is -0.122. The molecule has 0 bridgehead atoms. The van der Waals surface area contributed by atoms with Gasteiger partial charge in [-0.1, -0.05) is 70.0 Å². The van der Waals surface area contributed by atoms with Gasteiger partial charge in [-0.3, -0.25) is 14.9 Å². The molecule has 0 aliphatic carbocycles. The van der Waals surface area contributed by atoms with Gasteiger partial charge in [0.15, 0.2) is 11.5 Å². The van der Waals surface area contributed by atoms with E-state index in [1.54, 1.807) is 31.2 Å². The van der Waals surface area contributed by atoms with E-state index in [0.29, 0.717) is 33.2 Å². The number of hydrogen-bond acceptors (Lipinski definition) is 5. The Hall–Kier alpha value is -4.14. The highest BCUT2D eigenvalue weighted by atomic mass is 79.9. The summed E-state index contributed by atoms with van der Waals surface area (Å²) in [5.41, 5.74) is 2.29. The van der Waals surface area contributed by atoms with Crippen molar-refractivity contribution in [3.05, 3.63) is 105 Å². The second-order valence-electron chi connectivity index (χ2n) is 8.89. The van der Waals surface area contributed by atoms with E-state index < -0.39 is 17.8 Å². The number of aryl methyl sites for hydroxylation is 1. The predicted molar refractivity (Wildman–Crippen MR) is 154 cm³/mol. The van der Waals surface area contributed by atoms with Crippen LogP contribution in [0.2, 0.25) is 5.02 Å². The maximum atomic E-state index is 13.3. The number of anilines is 1. The van der Waals surface area contributed by atoms with E-state index in [4.69, 9.17) is 21.1 Å². The lowest BCUT2D eigenvalue weighted by Gasteiger charge is -2.26. The fraction of sp³-hybridized carbons (Fsp3) is 0.100. The van der Waals surface area contributed by atoms with Gasteiger partial charge in [-0.25, -0.2) is 9.69 Å². The molecule has 1 N–H and O–H groups in total. The summed E-state index contributed by atoms with van der Waals surface area (Å²) < 4.78 is 12.1. The molecule has 4 amide bonds. The van der Waals surface area contributed by atoms with Gasteiger partial charge in [-0.15, -0.1) is 0 Å². The van der Waals surface area contributed by atoms with Crippen LogP contribution in [0.5, 0.6) is 11.5 Å². The van der Waals surface area contributed by atoms with Crippen LogP contribution < -0.4 is 19.7 Å². The Morgan fingerprint density at radius 2 is 1.72 bits per heavy atom. The Morgan fingerprint density at radius 1 is 0.949 bits per heavy atom. The predicted octanol–water partition coefficient (Wildman–Crippen LogP) is 6.82. The number of carbonyl (C=O) groups is 3. The number of imide groups is 2. The molecule has 5 rings (SSSR count). The van der Waals surface area contributed by atoms with Crippen molar-refractivity contribution in [2.75, 3.05) is 12.0 Å². The quantitative estimate of drug-likeness (QED) is 0.193. The zero-order valence-corrected chi connectivity index (χ0v) is 23.3. The first kappa shape index (κ1) is 26.5. The van der Waals surface area contributed by atoms with Crippen LogP contribution in [-0.2, 0) is 16.2 Å². The number of amides is 4. The summed E-state index contributed by atoms with van der Waals surface area (Å²) in [6.07, 6.45) is 1.40. The average molecular weight is 606 g/mol. The first-order valence-electron chi connectivity index (χ1n) is 11.9. The molecule has 0 saturated carbocycles. The molecule has 9 heteroatoms. The number of barbiturate groups is 1. The van der Waals surface area contributed by atoms with Gasteiger partial charge in [0.1, 0.15) is 12.2 Å². The van der Waals surface area contributed by atoms with Crippen molar-refractivity contribution in [1.82, 2.24) is 5.32 Å². The van der Waals surface area contributed by atoms with Crippen molar-refractivity contribution < 1.29 is 23.9 Å². The topological polar surface area (TPSA) is 84.9 Å². The van der Waals surface area contributed by atoms with E-state index in [9.17, 15) is 14.4 Å². The smallest absolute Gasteiger partial charge is 0.335 e. The van der Waals surface area contributed by atoms with Crippen LogP contribution in [0.3, 0.4) is 0 Å². The highest BCUT2D eigenvalue weighted by Crippen LogP contribution is 2.36. The van der Waals surface area contributed by atoms with E-state index in [1.807, 2.05) is 30.3 Å². The first-order chi connectivity index (χ1) is 18.7. The van der Waals surface area contributed by atoms with Gasteiger partial charge in [0, 0.05) is 9.50 Å². The monoisotopic (exact) mass is 604 g/mol. The van der Waals surface area contributed by atoms with Crippen molar-refractivity contribution in [1.29, 1.82) is 0 Å². The van der Waals surface area contributed by atoms with E-state index in [0.717, 1.165) is 26.8 Å². The fourth-order valence-electron chi connectivity index (χ4n) is 4.19. The van der Waals surface area contributed by atoms with Crippen LogP contribution in [0.4, 0.5) is 10.5 Å². The number of methoxy groups -OCH3 is 1. The highest BCUT2D eigenvalue weighted by molar-refractivity contribution is 9.10. The number of rotatable bonds is 6. The number of hydrogen-bond donors (Lipinski definition) is 1. The molecule has 4 aromatic carbocycles. The summed E-state index contributed by atoms with van der Waals surface area (Å²) in [4.78, 5) is 39.4. The second-order valence-corrected chi connectivity index (χ2v) is 10.1. The number of halogens is 2. The van der Waals surface area contributed by atoms with Gasteiger partial charge in [-0.2, -0.15) is 0 Å². The molecule has 39 heavy (non-hydrogen) atoms. The van der Waals surface area contributed by atoms with E-state index >= 15 is 0 Å². The van der Waals surface area contributed by atoms with Gasteiger partial charge in [0.05, 0.1) is 12.8 Å². The molecule has 0 aromatic heterocycles. The van der Waals surface area contributed by atoms with Gasteiger partial charge >= 0.3 is 6.03 Å². The zero-order chi connectivity index (χ0) is 27.7. The third-order valence-electron chi connectivity index (χ3n) is 6.31. The molecule has 1 aliphatic rings. The SMILES string of the molecule is COc1cc(/C=C2/C(=O)NC(=O)N(c3ccc(C)c(Cl)c3)C2=O)c(Br)cc1OCc1ccc2ccccc2c1. The minimum atomic E-state index is -0.851. The average Bonchev–Trinajstić information content (AvgIpc) is 2.92. The molecule has 1 fully saturated rings. The number of benzene rings is 4. The minimum Gasteiger partial charge on any atom is -0.493 e. The Labute approximate surface area is 238 Å². The van der Waals surface area contributed by atoms with E-state index in [2.05, 4.69) is 33.4 Å². The van der Waals surface area contributed by atoms with Crippen LogP contribution in [0.25, 0.3) is 16.8 Å². The Morgan fingerprint density at radius 3 is 2.46 bits per heavy atom. The molecular formula is C30H22BrClN2O5. The van der Waals surface area contributed by atoms with Crippen molar-refractivity contribution in [2.24, 2.45) is 0 Å². The maximum absolute atomic E-state index is 13.3. The van der Waals surface area contributed by atoms with Crippen LogP contribution >= 0.6 is 27.5 Å². The summed E-state index contributed by atoms with van der Waals surface area (Å²) in [7, 11) is 1.50. The number of nitrogens with one attached hydrogen (secondary N) is 1.